The van der Waals surface area contributed by atoms with Crippen LogP contribution in [0.1, 0.15) is 13.8 Å². The van der Waals surface area contributed by atoms with Gasteiger partial charge in [-0.1, -0.05) is 0 Å². The molecule has 0 radical (unpaired) electrons. The molecule has 0 spiro atoms. The highest BCUT2D eigenvalue weighted by atomic mass is 35.5. The summed E-state index contributed by atoms with van der Waals surface area (Å²) in [4.78, 5) is 11.2. The monoisotopic (exact) mass is 245 g/mol. The standard InChI is InChI=1S/C11H13ClFNO2/c1-3-16-10-5-4-8(6-9(10)13)14-11(15)7(2)12/h4-7H,3H2,1-2H3,(H,14,15). The molecule has 0 aliphatic carbocycles. The molecule has 5 heteroatoms. The number of carbonyl (C=O) groups is 1. The lowest BCUT2D eigenvalue weighted by Crippen LogP contribution is -2.20. The zero-order valence-corrected chi connectivity index (χ0v) is 9.84. The van der Waals surface area contributed by atoms with Crippen LogP contribution in [0.2, 0.25) is 0 Å². The van der Waals surface area contributed by atoms with Gasteiger partial charge in [-0.25, -0.2) is 4.39 Å². The molecule has 0 aliphatic rings. The lowest BCUT2D eigenvalue weighted by atomic mass is 10.2. The summed E-state index contributed by atoms with van der Waals surface area (Å²) in [5.41, 5.74) is 0.360. The van der Waals surface area contributed by atoms with Crippen LogP contribution in [0.25, 0.3) is 0 Å². The molecule has 1 amide bonds. The Kier molecular flexibility index (Phi) is 4.55. The first kappa shape index (κ1) is 12.8. The number of amides is 1. The van der Waals surface area contributed by atoms with E-state index in [2.05, 4.69) is 5.32 Å². The van der Waals surface area contributed by atoms with Gasteiger partial charge >= 0.3 is 0 Å². The number of hydrogen-bond donors (Lipinski definition) is 1. The normalized spacial score (nSPS) is 12.0. The molecule has 3 nitrogen and oxygen atoms in total. The number of carbonyl (C=O) groups excluding carboxylic acids is 1. The van der Waals surface area contributed by atoms with Crippen LogP contribution in [0.15, 0.2) is 18.2 Å². The predicted octanol–water partition coefficient (Wildman–Crippen LogP) is 2.79. The fraction of sp³-hybridized carbons (Fsp3) is 0.364. The van der Waals surface area contributed by atoms with Gasteiger partial charge < -0.3 is 10.1 Å². The van der Waals surface area contributed by atoms with Crippen LogP contribution in [0.3, 0.4) is 0 Å². The maximum atomic E-state index is 13.4. The topological polar surface area (TPSA) is 38.3 Å². The van der Waals surface area contributed by atoms with Gasteiger partial charge in [0, 0.05) is 11.8 Å². The van der Waals surface area contributed by atoms with Crippen LogP contribution in [0, 0.1) is 5.82 Å². The Morgan fingerprint density at radius 1 is 1.62 bits per heavy atom. The minimum Gasteiger partial charge on any atom is -0.491 e. The highest BCUT2D eigenvalue weighted by Gasteiger charge is 2.10. The molecule has 0 saturated heterocycles. The van der Waals surface area contributed by atoms with Gasteiger partial charge in [0.15, 0.2) is 11.6 Å². The molecular formula is C11H13ClFNO2. The summed E-state index contributed by atoms with van der Waals surface area (Å²) in [6.07, 6.45) is 0. The summed E-state index contributed by atoms with van der Waals surface area (Å²) in [6.45, 7) is 3.70. The van der Waals surface area contributed by atoms with Crippen molar-refractivity contribution >= 4 is 23.2 Å². The summed E-state index contributed by atoms with van der Waals surface area (Å²) in [7, 11) is 0. The number of halogens is 2. The Labute approximate surface area is 98.5 Å². The van der Waals surface area contributed by atoms with Crippen molar-refractivity contribution in [2.24, 2.45) is 0 Å². The smallest absolute Gasteiger partial charge is 0.242 e. The highest BCUT2D eigenvalue weighted by Crippen LogP contribution is 2.21. The second kappa shape index (κ2) is 5.70. The molecule has 16 heavy (non-hydrogen) atoms. The maximum absolute atomic E-state index is 13.4. The Morgan fingerprint density at radius 2 is 2.31 bits per heavy atom. The molecule has 1 atom stereocenters. The summed E-state index contributed by atoms with van der Waals surface area (Å²) in [6, 6.07) is 4.22. The second-order valence-electron chi connectivity index (χ2n) is 3.18. The molecule has 1 unspecified atom stereocenters. The van der Waals surface area contributed by atoms with Gasteiger partial charge in [-0.05, 0) is 26.0 Å². The molecule has 0 aliphatic heterocycles. The van der Waals surface area contributed by atoms with Crippen molar-refractivity contribution in [2.75, 3.05) is 11.9 Å². The molecule has 0 aromatic heterocycles. The Balaban J connectivity index is 2.77. The fourth-order valence-electron chi connectivity index (χ4n) is 1.09. The largest absolute Gasteiger partial charge is 0.491 e. The number of ether oxygens (including phenoxy) is 1. The summed E-state index contributed by atoms with van der Waals surface area (Å²) in [5.74, 6) is -0.716. The van der Waals surface area contributed by atoms with Gasteiger partial charge in [0.05, 0.1) is 6.61 Å². The fourth-order valence-corrected chi connectivity index (χ4v) is 1.15. The number of hydrogen-bond acceptors (Lipinski definition) is 2. The number of alkyl halides is 1. The zero-order valence-electron chi connectivity index (χ0n) is 9.09. The van der Waals surface area contributed by atoms with E-state index in [1.807, 2.05) is 0 Å². The minimum absolute atomic E-state index is 0.166. The van der Waals surface area contributed by atoms with E-state index in [1.165, 1.54) is 12.1 Å². The van der Waals surface area contributed by atoms with Crippen LogP contribution < -0.4 is 10.1 Å². The third-order valence-electron chi connectivity index (χ3n) is 1.86. The van der Waals surface area contributed by atoms with Crippen LogP contribution in [0.4, 0.5) is 10.1 Å². The minimum atomic E-state index is -0.658. The van der Waals surface area contributed by atoms with E-state index in [4.69, 9.17) is 16.3 Å². The molecule has 0 fully saturated rings. The summed E-state index contributed by atoms with van der Waals surface area (Å²) in [5, 5.41) is 1.83. The maximum Gasteiger partial charge on any atom is 0.242 e. The number of rotatable bonds is 4. The van der Waals surface area contributed by atoms with Gasteiger partial charge in [-0.3, -0.25) is 4.79 Å². The van der Waals surface area contributed by atoms with Crippen LogP contribution >= 0.6 is 11.6 Å². The summed E-state index contributed by atoms with van der Waals surface area (Å²) < 4.78 is 18.4. The van der Waals surface area contributed by atoms with Gasteiger partial charge in [-0.15, -0.1) is 11.6 Å². The predicted molar refractivity (Wildman–Crippen MR) is 61.5 cm³/mol. The highest BCUT2D eigenvalue weighted by molar-refractivity contribution is 6.32. The van der Waals surface area contributed by atoms with E-state index in [9.17, 15) is 9.18 Å². The molecule has 0 heterocycles. The Bertz CT molecular complexity index is 382. The van der Waals surface area contributed by atoms with Crippen LogP contribution in [-0.2, 0) is 4.79 Å². The third-order valence-corrected chi connectivity index (χ3v) is 2.06. The van der Waals surface area contributed by atoms with Gasteiger partial charge in [-0.2, -0.15) is 0 Å². The molecule has 1 N–H and O–H groups in total. The van der Waals surface area contributed by atoms with E-state index in [1.54, 1.807) is 19.9 Å². The first-order valence-electron chi connectivity index (χ1n) is 4.92. The molecular weight excluding hydrogens is 233 g/mol. The molecule has 88 valence electrons. The SMILES string of the molecule is CCOc1ccc(NC(=O)C(C)Cl)cc1F. The van der Waals surface area contributed by atoms with E-state index >= 15 is 0 Å². The molecule has 1 rings (SSSR count). The van der Waals surface area contributed by atoms with Gasteiger partial charge in [0.25, 0.3) is 0 Å². The Hall–Kier alpha value is -1.29. The van der Waals surface area contributed by atoms with Crippen molar-refractivity contribution in [1.29, 1.82) is 0 Å². The average Bonchev–Trinajstić information content (AvgIpc) is 2.22. The van der Waals surface area contributed by atoms with Crippen LogP contribution in [-0.4, -0.2) is 17.9 Å². The lowest BCUT2D eigenvalue weighted by molar-refractivity contribution is -0.115. The second-order valence-corrected chi connectivity index (χ2v) is 3.84. The van der Waals surface area contributed by atoms with E-state index in [0.29, 0.717) is 12.3 Å². The van der Waals surface area contributed by atoms with Crippen molar-refractivity contribution in [1.82, 2.24) is 0 Å². The Morgan fingerprint density at radius 3 is 2.81 bits per heavy atom. The number of nitrogens with one attached hydrogen (secondary N) is 1. The molecule has 0 bridgehead atoms. The van der Waals surface area contributed by atoms with Crippen molar-refractivity contribution in [3.8, 4) is 5.75 Å². The van der Waals surface area contributed by atoms with Gasteiger partial charge in [0.1, 0.15) is 5.38 Å². The average molecular weight is 246 g/mol. The van der Waals surface area contributed by atoms with Crippen molar-refractivity contribution < 1.29 is 13.9 Å². The van der Waals surface area contributed by atoms with E-state index in [-0.39, 0.29) is 11.7 Å². The van der Waals surface area contributed by atoms with Crippen molar-refractivity contribution in [2.45, 2.75) is 19.2 Å². The van der Waals surface area contributed by atoms with Crippen molar-refractivity contribution in [3.63, 3.8) is 0 Å². The number of anilines is 1. The van der Waals surface area contributed by atoms with Crippen LogP contribution in [0.5, 0.6) is 5.75 Å². The first-order valence-corrected chi connectivity index (χ1v) is 5.35. The van der Waals surface area contributed by atoms with E-state index in [0.717, 1.165) is 0 Å². The first-order chi connectivity index (χ1) is 7.54. The lowest BCUT2D eigenvalue weighted by Gasteiger charge is -2.09. The zero-order chi connectivity index (χ0) is 12.1. The third kappa shape index (κ3) is 3.38. The summed E-state index contributed by atoms with van der Waals surface area (Å²) >= 11 is 5.57. The van der Waals surface area contributed by atoms with Crippen molar-refractivity contribution in [3.05, 3.63) is 24.0 Å². The number of benzene rings is 1. The molecule has 1 aromatic rings. The molecule has 0 saturated carbocycles. The molecule has 1 aromatic carbocycles. The van der Waals surface area contributed by atoms with E-state index < -0.39 is 11.2 Å². The quantitative estimate of drug-likeness (QED) is 0.829. The van der Waals surface area contributed by atoms with Gasteiger partial charge in [0.2, 0.25) is 5.91 Å².